The third-order valence-corrected chi connectivity index (χ3v) is 9.11. The standard InChI is InChI=1S/C26H25N3O3S2/c1-3-5-16-29(4-2)34(31,32)19-14-12-18(13-15-19)25(30)28-26-27-23-20-10-6-8-17-9-7-11-21(22(17)20)24(23)33-26/h6-15H,3-5,16H2,1-2H3,(H,27,28,30). The van der Waals surface area contributed by atoms with Crippen molar-refractivity contribution in [2.45, 2.75) is 31.6 Å². The number of carbonyl (C=O) groups is 1. The van der Waals surface area contributed by atoms with Gasteiger partial charge in [0.2, 0.25) is 10.0 Å². The summed E-state index contributed by atoms with van der Waals surface area (Å²) in [7, 11) is -3.58. The molecular formula is C26H25N3O3S2. The van der Waals surface area contributed by atoms with Crippen LogP contribution in [-0.4, -0.2) is 36.7 Å². The molecule has 0 atom stereocenters. The molecule has 0 spiro atoms. The van der Waals surface area contributed by atoms with Crippen LogP contribution in [0.25, 0.3) is 32.5 Å². The third kappa shape index (κ3) is 3.81. The number of benzene rings is 3. The number of aromatic nitrogens is 1. The highest BCUT2D eigenvalue weighted by molar-refractivity contribution is 7.89. The molecule has 0 aliphatic heterocycles. The van der Waals surface area contributed by atoms with Crippen molar-refractivity contribution in [3.05, 3.63) is 66.2 Å². The molecule has 34 heavy (non-hydrogen) atoms. The SMILES string of the molecule is CCCCN(CC)S(=O)(=O)c1ccc(C(=O)Nc2nc3c(s2)-c2cccc4cccc-3c24)cc1. The maximum Gasteiger partial charge on any atom is 0.257 e. The van der Waals surface area contributed by atoms with Gasteiger partial charge < -0.3 is 0 Å². The number of unbranched alkanes of at least 4 members (excludes halogenated alkanes) is 1. The van der Waals surface area contributed by atoms with Gasteiger partial charge in [0, 0.05) is 29.8 Å². The molecule has 1 aromatic heterocycles. The first-order valence-corrected chi connectivity index (χ1v) is 13.6. The minimum atomic E-state index is -3.58. The fourth-order valence-electron chi connectivity index (χ4n) is 4.35. The maximum atomic E-state index is 12.9. The number of sulfonamides is 1. The van der Waals surface area contributed by atoms with Gasteiger partial charge in [0.25, 0.3) is 5.91 Å². The highest BCUT2D eigenvalue weighted by atomic mass is 32.2. The molecule has 0 fully saturated rings. The molecule has 0 saturated carbocycles. The maximum absolute atomic E-state index is 12.9. The van der Waals surface area contributed by atoms with Crippen LogP contribution in [0.4, 0.5) is 5.13 Å². The number of hydrogen-bond acceptors (Lipinski definition) is 5. The molecule has 6 nitrogen and oxygen atoms in total. The Balaban J connectivity index is 1.35. The van der Waals surface area contributed by atoms with Crippen LogP contribution >= 0.6 is 11.3 Å². The molecule has 0 saturated heterocycles. The smallest absolute Gasteiger partial charge is 0.257 e. The van der Waals surface area contributed by atoms with E-state index in [1.54, 1.807) is 12.1 Å². The van der Waals surface area contributed by atoms with Gasteiger partial charge in [0.15, 0.2) is 5.13 Å². The first kappa shape index (κ1) is 22.7. The molecule has 1 aliphatic rings. The van der Waals surface area contributed by atoms with Gasteiger partial charge in [-0.2, -0.15) is 4.31 Å². The highest BCUT2D eigenvalue weighted by Gasteiger charge is 2.26. The molecule has 1 N–H and O–H groups in total. The summed E-state index contributed by atoms with van der Waals surface area (Å²) in [6.07, 6.45) is 1.73. The Morgan fingerprint density at radius 2 is 1.71 bits per heavy atom. The Labute approximate surface area is 203 Å². The van der Waals surface area contributed by atoms with Crippen molar-refractivity contribution in [1.82, 2.24) is 9.29 Å². The van der Waals surface area contributed by atoms with Crippen LogP contribution in [0, 0.1) is 0 Å². The molecule has 1 aliphatic carbocycles. The van der Waals surface area contributed by atoms with Gasteiger partial charge in [-0.3, -0.25) is 10.1 Å². The van der Waals surface area contributed by atoms with E-state index in [0.29, 0.717) is 23.8 Å². The van der Waals surface area contributed by atoms with Gasteiger partial charge in [-0.05, 0) is 41.5 Å². The van der Waals surface area contributed by atoms with Crippen molar-refractivity contribution in [3.8, 4) is 21.7 Å². The Morgan fingerprint density at radius 1 is 1.00 bits per heavy atom. The number of thiazole rings is 1. The number of nitrogens with zero attached hydrogens (tertiary/aromatic N) is 2. The van der Waals surface area contributed by atoms with Crippen molar-refractivity contribution in [2.75, 3.05) is 18.4 Å². The molecule has 174 valence electrons. The molecule has 4 aromatic rings. The Morgan fingerprint density at radius 3 is 2.38 bits per heavy atom. The van der Waals surface area contributed by atoms with E-state index < -0.39 is 10.0 Å². The lowest BCUT2D eigenvalue weighted by atomic mass is 10.0. The first-order valence-electron chi connectivity index (χ1n) is 11.4. The van der Waals surface area contributed by atoms with Crippen molar-refractivity contribution < 1.29 is 13.2 Å². The summed E-state index contributed by atoms with van der Waals surface area (Å²) in [6, 6.07) is 18.5. The van der Waals surface area contributed by atoms with E-state index in [-0.39, 0.29) is 10.8 Å². The molecule has 0 radical (unpaired) electrons. The molecule has 5 rings (SSSR count). The number of nitrogens with one attached hydrogen (secondary N) is 1. The summed E-state index contributed by atoms with van der Waals surface area (Å²) >= 11 is 1.45. The number of carbonyl (C=O) groups excluding carboxylic acids is 1. The predicted octanol–water partition coefficient (Wildman–Crippen LogP) is 6.01. The van der Waals surface area contributed by atoms with Crippen LogP contribution in [0.5, 0.6) is 0 Å². The molecule has 0 unspecified atom stereocenters. The molecule has 3 aromatic carbocycles. The van der Waals surface area contributed by atoms with E-state index in [0.717, 1.165) is 34.5 Å². The lowest BCUT2D eigenvalue weighted by molar-refractivity contribution is 0.102. The summed E-state index contributed by atoms with van der Waals surface area (Å²) in [6.45, 7) is 4.77. The minimum Gasteiger partial charge on any atom is -0.298 e. The zero-order valence-corrected chi connectivity index (χ0v) is 20.7. The molecule has 1 heterocycles. The third-order valence-electron chi connectivity index (χ3n) is 6.12. The summed E-state index contributed by atoms with van der Waals surface area (Å²) in [5.41, 5.74) is 3.49. The monoisotopic (exact) mass is 491 g/mol. The van der Waals surface area contributed by atoms with E-state index in [1.807, 2.05) is 26.0 Å². The molecular weight excluding hydrogens is 466 g/mol. The number of fused-ring (bicyclic) bond motifs is 3. The first-order chi connectivity index (χ1) is 16.4. The van der Waals surface area contributed by atoms with Crippen LogP contribution in [0.3, 0.4) is 0 Å². The summed E-state index contributed by atoms with van der Waals surface area (Å²) in [4.78, 5) is 18.8. The number of amides is 1. The van der Waals surface area contributed by atoms with E-state index in [2.05, 4.69) is 29.6 Å². The highest BCUT2D eigenvalue weighted by Crippen LogP contribution is 2.50. The second-order valence-corrected chi connectivity index (χ2v) is 11.2. The van der Waals surface area contributed by atoms with Crippen LogP contribution in [0.2, 0.25) is 0 Å². The van der Waals surface area contributed by atoms with Crippen molar-refractivity contribution in [2.24, 2.45) is 0 Å². The van der Waals surface area contributed by atoms with Crippen molar-refractivity contribution in [1.29, 1.82) is 0 Å². The van der Waals surface area contributed by atoms with E-state index in [4.69, 9.17) is 4.98 Å². The molecule has 1 amide bonds. The lowest BCUT2D eigenvalue weighted by Crippen LogP contribution is -2.31. The van der Waals surface area contributed by atoms with Crippen molar-refractivity contribution in [3.63, 3.8) is 0 Å². The quantitative estimate of drug-likeness (QED) is 0.288. The number of hydrogen-bond donors (Lipinski definition) is 1. The van der Waals surface area contributed by atoms with E-state index in [9.17, 15) is 13.2 Å². The van der Waals surface area contributed by atoms with Crippen molar-refractivity contribution >= 4 is 43.2 Å². The average molecular weight is 492 g/mol. The lowest BCUT2D eigenvalue weighted by Gasteiger charge is -2.20. The second kappa shape index (κ2) is 8.94. The van der Waals surface area contributed by atoms with Gasteiger partial charge in [0.05, 0.1) is 15.5 Å². The average Bonchev–Trinajstić information content (AvgIpc) is 3.39. The van der Waals surface area contributed by atoms with Gasteiger partial charge in [-0.15, -0.1) is 0 Å². The number of rotatable bonds is 8. The Hall–Kier alpha value is -3.07. The summed E-state index contributed by atoms with van der Waals surface area (Å²) in [5.74, 6) is -0.318. The normalized spacial score (nSPS) is 12.3. The van der Waals surface area contributed by atoms with Gasteiger partial charge in [0.1, 0.15) is 0 Å². The van der Waals surface area contributed by atoms with Crippen LogP contribution in [-0.2, 0) is 10.0 Å². The zero-order chi connectivity index (χ0) is 23.9. The minimum absolute atomic E-state index is 0.194. The van der Waals surface area contributed by atoms with Gasteiger partial charge >= 0.3 is 0 Å². The second-order valence-electron chi connectivity index (χ2n) is 8.23. The van der Waals surface area contributed by atoms with Crippen LogP contribution < -0.4 is 5.32 Å². The van der Waals surface area contributed by atoms with E-state index in [1.165, 1.54) is 38.5 Å². The Bertz CT molecular complexity index is 1440. The van der Waals surface area contributed by atoms with Crippen LogP contribution in [0.1, 0.15) is 37.0 Å². The van der Waals surface area contributed by atoms with Gasteiger partial charge in [-0.1, -0.05) is 68.0 Å². The predicted molar refractivity (Wildman–Crippen MR) is 138 cm³/mol. The van der Waals surface area contributed by atoms with E-state index >= 15 is 0 Å². The molecule has 0 bridgehead atoms. The largest absolute Gasteiger partial charge is 0.298 e. The fourth-order valence-corrected chi connectivity index (χ4v) is 6.84. The summed E-state index contributed by atoms with van der Waals surface area (Å²) < 4.78 is 27.3. The fraction of sp³-hybridized carbons (Fsp3) is 0.231. The zero-order valence-electron chi connectivity index (χ0n) is 19.0. The van der Waals surface area contributed by atoms with Crippen LogP contribution in [0.15, 0.2) is 65.6 Å². The number of anilines is 1. The van der Waals surface area contributed by atoms with Gasteiger partial charge in [-0.25, -0.2) is 13.4 Å². The topological polar surface area (TPSA) is 79.4 Å². The molecule has 8 heteroatoms. The Kier molecular flexibility index (Phi) is 5.97. The summed E-state index contributed by atoms with van der Waals surface area (Å²) in [5, 5.41) is 5.78.